The maximum Gasteiger partial charge on any atom is 0.158 e. The van der Waals surface area contributed by atoms with Crippen molar-refractivity contribution in [1.82, 2.24) is 4.98 Å². The summed E-state index contributed by atoms with van der Waals surface area (Å²) in [7, 11) is 0. The minimum atomic E-state index is -0.146. The summed E-state index contributed by atoms with van der Waals surface area (Å²) in [5, 5.41) is 20.1. The zero-order valence-electron chi connectivity index (χ0n) is 13.3. The lowest BCUT2D eigenvalue weighted by atomic mass is 10.1. The van der Waals surface area contributed by atoms with Crippen LogP contribution in [-0.2, 0) is 0 Å². The molecule has 2 aromatic carbocycles. The van der Waals surface area contributed by atoms with Crippen molar-refractivity contribution in [3.63, 3.8) is 0 Å². The second kappa shape index (κ2) is 6.04. The minimum absolute atomic E-state index is 0.133. The van der Waals surface area contributed by atoms with Gasteiger partial charge in [0.25, 0.3) is 0 Å². The highest BCUT2D eigenvalue weighted by Gasteiger charge is 2.17. The van der Waals surface area contributed by atoms with Gasteiger partial charge in [-0.3, -0.25) is 0 Å². The molecular weight excluding hydrogens is 302 g/mol. The van der Waals surface area contributed by atoms with Crippen molar-refractivity contribution in [2.24, 2.45) is 0 Å². The zero-order valence-corrected chi connectivity index (χ0v) is 13.3. The Balaban J connectivity index is 1.71. The second-order valence-electron chi connectivity index (χ2n) is 6.25. The van der Waals surface area contributed by atoms with E-state index >= 15 is 0 Å². The van der Waals surface area contributed by atoms with Crippen molar-refractivity contribution in [1.29, 1.82) is 0 Å². The molecule has 1 saturated carbocycles. The van der Waals surface area contributed by atoms with E-state index in [1.807, 2.05) is 30.3 Å². The third kappa shape index (κ3) is 2.75. The molecule has 122 valence electrons. The first-order chi connectivity index (χ1) is 11.7. The summed E-state index contributed by atoms with van der Waals surface area (Å²) in [5.74, 6) is 0.603. The fourth-order valence-electron chi connectivity index (χ4n) is 3.26. The molecule has 1 aromatic heterocycles. The van der Waals surface area contributed by atoms with Crippen molar-refractivity contribution in [3.05, 3.63) is 48.5 Å². The molecule has 0 saturated heterocycles. The Morgan fingerprint density at radius 2 is 1.75 bits per heavy atom. The van der Waals surface area contributed by atoms with Gasteiger partial charge in [-0.1, -0.05) is 6.07 Å². The van der Waals surface area contributed by atoms with Crippen molar-refractivity contribution >= 4 is 10.9 Å². The van der Waals surface area contributed by atoms with Gasteiger partial charge < -0.3 is 14.9 Å². The highest BCUT2D eigenvalue weighted by molar-refractivity contribution is 5.87. The number of pyridine rings is 1. The normalized spacial score (nSPS) is 15.0. The van der Waals surface area contributed by atoms with Crippen molar-refractivity contribution in [2.45, 2.75) is 31.8 Å². The summed E-state index contributed by atoms with van der Waals surface area (Å²) in [6, 6.07) is 14.6. The lowest BCUT2D eigenvalue weighted by molar-refractivity contribution is 0.213. The first-order valence-electron chi connectivity index (χ1n) is 8.29. The van der Waals surface area contributed by atoms with Gasteiger partial charge in [-0.25, -0.2) is 4.98 Å². The van der Waals surface area contributed by atoms with Crippen LogP contribution in [0.2, 0.25) is 0 Å². The molecule has 0 atom stereocenters. The number of hydrogen-bond acceptors (Lipinski definition) is 4. The molecule has 4 heteroatoms. The van der Waals surface area contributed by atoms with Gasteiger partial charge in [-0.2, -0.15) is 0 Å². The van der Waals surface area contributed by atoms with E-state index in [2.05, 4.69) is 4.98 Å². The number of ether oxygens (including phenoxy) is 1. The molecule has 2 N–H and O–H groups in total. The van der Waals surface area contributed by atoms with Crippen LogP contribution >= 0.6 is 0 Å². The first kappa shape index (κ1) is 14.8. The van der Waals surface area contributed by atoms with Gasteiger partial charge in [0.2, 0.25) is 0 Å². The van der Waals surface area contributed by atoms with Crippen LogP contribution in [0.4, 0.5) is 0 Å². The third-order valence-corrected chi connectivity index (χ3v) is 4.56. The van der Waals surface area contributed by atoms with E-state index in [-0.39, 0.29) is 11.5 Å². The average Bonchev–Trinajstić information content (AvgIpc) is 3.10. The van der Waals surface area contributed by atoms with Gasteiger partial charge in [0.05, 0.1) is 17.3 Å². The van der Waals surface area contributed by atoms with Gasteiger partial charge in [0.15, 0.2) is 11.5 Å². The topological polar surface area (TPSA) is 62.6 Å². The number of rotatable bonds is 3. The molecule has 0 bridgehead atoms. The van der Waals surface area contributed by atoms with Crippen LogP contribution in [0.15, 0.2) is 48.5 Å². The predicted octanol–water partition coefficient (Wildman–Crippen LogP) is 4.63. The van der Waals surface area contributed by atoms with Crippen LogP contribution in [0.3, 0.4) is 0 Å². The Hall–Kier alpha value is -2.75. The maximum absolute atomic E-state index is 9.68. The first-order valence-corrected chi connectivity index (χ1v) is 8.29. The van der Waals surface area contributed by atoms with Crippen molar-refractivity contribution in [2.75, 3.05) is 0 Å². The molecule has 0 spiro atoms. The molecule has 1 fully saturated rings. The van der Waals surface area contributed by atoms with Crippen LogP contribution in [0.1, 0.15) is 25.7 Å². The maximum atomic E-state index is 9.68. The van der Waals surface area contributed by atoms with Crippen LogP contribution in [0.25, 0.3) is 22.2 Å². The summed E-state index contributed by atoms with van der Waals surface area (Å²) < 4.78 is 6.16. The Kier molecular flexibility index (Phi) is 3.73. The molecule has 4 nitrogen and oxygen atoms in total. The third-order valence-electron chi connectivity index (χ3n) is 4.56. The second-order valence-corrected chi connectivity index (χ2v) is 6.25. The van der Waals surface area contributed by atoms with Crippen LogP contribution < -0.4 is 4.74 Å². The highest BCUT2D eigenvalue weighted by Crippen LogP contribution is 2.33. The molecule has 4 rings (SSSR count). The zero-order chi connectivity index (χ0) is 16.5. The molecule has 3 aromatic rings. The Bertz CT molecular complexity index is 885. The van der Waals surface area contributed by atoms with E-state index in [1.54, 1.807) is 6.07 Å². The quantitative estimate of drug-likeness (QED) is 0.690. The van der Waals surface area contributed by atoms with Gasteiger partial charge in [-0.15, -0.1) is 0 Å². The number of aromatic hydroxyl groups is 2. The van der Waals surface area contributed by atoms with Gasteiger partial charge in [-0.05, 0) is 68.1 Å². The summed E-state index contributed by atoms with van der Waals surface area (Å²) >= 11 is 0. The SMILES string of the molecule is Oc1ccc(-c2ccc3c(OC4CCCC4)cccc3n2)cc1O. The van der Waals surface area contributed by atoms with Crippen LogP contribution in [-0.4, -0.2) is 21.3 Å². The molecule has 24 heavy (non-hydrogen) atoms. The van der Waals surface area contributed by atoms with Crippen molar-refractivity contribution < 1.29 is 14.9 Å². The van der Waals surface area contributed by atoms with Gasteiger partial charge in [0.1, 0.15) is 5.75 Å². The molecule has 1 aliphatic carbocycles. The van der Waals surface area contributed by atoms with E-state index in [9.17, 15) is 10.2 Å². The number of fused-ring (bicyclic) bond motifs is 1. The fraction of sp³-hybridized carbons (Fsp3) is 0.250. The number of hydrogen-bond donors (Lipinski definition) is 2. The lowest BCUT2D eigenvalue weighted by Gasteiger charge is -2.15. The fourth-order valence-corrected chi connectivity index (χ4v) is 3.26. The Labute approximate surface area is 140 Å². The van der Waals surface area contributed by atoms with E-state index in [1.165, 1.54) is 25.0 Å². The summed E-state index contributed by atoms with van der Waals surface area (Å²) in [4.78, 5) is 4.68. The molecule has 1 aliphatic rings. The van der Waals surface area contributed by atoms with Gasteiger partial charge in [0, 0.05) is 10.9 Å². The monoisotopic (exact) mass is 321 g/mol. The molecule has 0 unspecified atom stereocenters. The minimum Gasteiger partial charge on any atom is -0.504 e. The smallest absolute Gasteiger partial charge is 0.158 e. The predicted molar refractivity (Wildman–Crippen MR) is 93.4 cm³/mol. The van der Waals surface area contributed by atoms with E-state index in [0.717, 1.165) is 40.8 Å². The highest BCUT2D eigenvalue weighted by atomic mass is 16.5. The van der Waals surface area contributed by atoms with E-state index in [0.29, 0.717) is 6.10 Å². The number of nitrogens with zero attached hydrogens (tertiary/aromatic N) is 1. The molecule has 0 radical (unpaired) electrons. The molecule has 1 heterocycles. The number of phenols is 2. The van der Waals surface area contributed by atoms with Gasteiger partial charge >= 0.3 is 0 Å². The van der Waals surface area contributed by atoms with E-state index in [4.69, 9.17) is 4.74 Å². The molecular formula is C20H19NO3. The standard InChI is InChI=1S/C20H19NO3/c22-18-11-8-13(12-19(18)23)16-10-9-15-17(21-16)6-3-7-20(15)24-14-4-1-2-5-14/h3,6-12,14,22-23H,1-2,4-5H2. The summed E-state index contributed by atoms with van der Waals surface area (Å²) in [6.45, 7) is 0. The van der Waals surface area contributed by atoms with Crippen molar-refractivity contribution in [3.8, 4) is 28.5 Å². The Morgan fingerprint density at radius 1 is 0.917 bits per heavy atom. The molecule has 0 aliphatic heterocycles. The Morgan fingerprint density at radius 3 is 2.54 bits per heavy atom. The van der Waals surface area contributed by atoms with Crippen LogP contribution in [0.5, 0.6) is 17.2 Å². The lowest BCUT2D eigenvalue weighted by Crippen LogP contribution is -2.11. The van der Waals surface area contributed by atoms with E-state index < -0.39 is 0 Å². The number of benzene rings is 2. The summed E-state index contributed by atoms with van der Waals surface area (Å²) in [6.07, 6.45) is 5.03. The summed E-state index contributed by atoms with van der Waals surface area (Å²) in [5.41, 5.74) is 2.36. The largest absolute Gasteiger partial charge is 0.504 e. The number of aromatic nitrogens is 1. The molecule has 0 amide bonds. The average molecular weight is 321 g/mol. The van der Waals surface area contributed by atoms with Crippen LogP contribution in [0, 0.1) is 0 Å². The number of phenolic OH excluding ortho intramolecular Hbond substituents is 2.